The van der Waals surface area contributed by atoms with Gasteiger partial charge in [0, 0.05) is 17.7 Å². The average Bonchev–Trinajstić information content (AvgIpc) is 3.50. The molecule has 0 amide bonds. The first-order valence-electron chi connectivity index (χ1n) is 9.80. The number of aromatic nitrogens is 6. The first-order chi connectivity index (χ1) is 14.9. The minimum Gasteiger partial charge on any atom is -0.240 e. The quantitative estimate of drug-likeness (QED) is 0.463. The lowest BCUT2D eigenvalue weighted by molar-refractivity contribution is -0.137. The molecule has 6 nitrogen and oxygen atoms in total. The number of hydrogen-bond acceptors (Lipinski definition) is 5. The van der Waals surface area contributed by atoms with E-state index in [0.29, 0.717) is 28.5 Å². The van der Waals surface area contributed by atoms with Gasteiger partial charge in [-0.05, 0) is 54.5 Å². The molecule has 0 radical (unpaired) electrons. The first-order valence-corrected chi connectivity index (χ1v) is 9.80. The highest BCUT2D eigenvalue weighted by Crippen LogP contribution is 2.40. The van der Waals surface area contributed by atoms with Gasteiger partial charge >= 0.3 is 6.18 Å². The Morgan fingerprint density at radius 1 is 1.03 bits per heavy atom. The molecule has 9 heteroatoms. The van der Waals surface area contributed by atoms with Crippen LogP contribution >= 0.6 is 0 Å². The molecule has 0 atom stereocenters. The summed E-state index contributed by atoms with van der Waals surface area (Å²) < 4.78 is 41.5. The van der Waals surface area contributed by atoms with Crippen molar-refractivity contribution in [3.05, 3.63) is 71.7 Å². The minimum absolute atomic E-state index is 0.242. The third kappa shape index (κ3) is 3.78. The number of alkyl halides is 3. The van der Waals surface area contributed by atoms with E-state index in [-0.39, 0.29) is 5.92 Å². The third-order valence-corrected chi connectivity index (χ3v) is 5.20. The monoisotopic (exact) mass is 422 g/mol. The lowest BCUT2D eigenvalue weighted by Crippen LogP contribution is -2.06. The molecular formula is C22H17F3N6. The molecule has 4 aromatic rings. The van der Waals surface area contributed by atoms with Gasteiger partial charge in [0.25, 0.3) is 0 Å². The zero-order valence-corrected chi connectivity index (χ0v) is 16.5. The molecule has 1 saturated carbocycles. The molecule has 31 heavy (non-hydrogen) atoms. The molecule has 5 rings (SSSR count). The van der Waals surface area contributed by atoms with Crippen LogP contribution in [-0.2, 0) is 6.18 Å². The number of aryl methyl sites for hydroxylation is 1. The Balaban J connectivity index is 1.68. The largest absolute Gasteiger partial charge is 0.416 e. The Kier molecular flexibility index (Phi) is 4.53. The summed E-state index contributed by atoms with van der Waals surface area (Å²) in [7, 11) is 0. The molecule has 1 fully saturated rings. The van der Waals surface area contributed by atoms with Gasteiger partial charge in [0.05, 0.1) is 22.5 Å². The summed E-state index contributed by atoms with van der Waals surface area (Å²) in [6.45, 7) is 1.97. The van der Waals surface area contributed by atoms with Crippen LogP contribution in [0.5, 0.6) is 0 Å². The van der Waals surface area contributed by atoms with Crippen molar-refractivity contribution >= 4 is 0 Å². The van der Waals surface area contributed by atoms with E-state index in [2.05, 4.69) is 25.5 Å². The molecule has 0 bridgehead atoms. The van der Waals surface area contributed by atoms with Crippen molar-refractivity contribution in [2.24, 2.45) is 0 Å². The van der Waals surface area contributed by atoms with Crippen molar-refractivity contribution in [1.29, 1.82) is 0 Å². The second-order valence-corrected chi connectivity index (χ2v) is 7.59. The third-order valence-electron chi connectivity index (χ3n) is 5.20. The van der Waals surface area contributed by atoms with Crippen molar-refractivity contribution in [2.75, 3.05) is 0 Å². The summed E-state index contributed by atoms with van der Waals surface area (Å²) in [6.07, 6.45) is -0.899. The SMILES string of the molecule is Cc1ccc(-n2nnnc2-c2cnc(C3CC3)nc2-c2cccc(C(F)(F)F)c2)cc1. The number of rotatable bonds is 4. The van der Waals surface area contributed by atoms with Crippen LogP contribution in [0, 0.1) is 6.92 Å². The Hall–Kier alpha value is -3.62. The van der Waals surface area contributed by atoms with E-state index < -0.39 is 11.7 Å². The Morgan fingerprint density at radius 2 is 1.81 bits per heavy atom. The van der Waals surface area contributed by atoms with Gasteiger partial charge in [-0.15, -0.1) is 5.10 Å². The summed E-state index contributed by atoms with van der Waals surface area (Å²) in [5.74, 6) is 1.23. The van der Waals surface area contributed by atoms with Crippen molar-refractivity contribution in [1.82, 2.24) is 30.2 Å². The lowest BCUT2D eigenvalue weighted by atomic mass is 10.0. The summed E-state index contributed by atoms with van der Waals surface area (Å²) in [5.41, 5.74) is 2.26. The van der Waals surface area contributed by atoms with Crippen LogP contribution in [0.25, 0.3) is 28.3 Å². The van der Waals surface area contributed by atoms with Gasteiger partial charge in [-0.2, -0.15) is 17.9 Å². The Morgan fingerprint density at radius 3 is 2.52 bits per heavy atom. The van der Waals surface area contributed by atoms with E-state index in [4.69, 9.17) is 0 Å². The molecule has 0 spiro atoms. The van der Waals surface area contributed by atoms with Crippen molar-refractivity contribution < 1.29 is 13.2 Å². The summed E-state index contributed by atoms with van der Waals surface area (Å²) in [6, 6.07) is 12.7. The maximum absolute atomic E-state index is 13.3. The van der Waals surface area contributed by atoms with Gasteiger partial charge in [-0.25, -0.2) is 9.97 Å². The molecule has 156 valence electrons. The standard InChI is InChI=1S/C22H17F3N6/c1-13-5-9-17(10-6-13)31-21(28-29-30-31)18-12-26-20(14-7-8-14)27-19(18)15-3-2-4-16(11-15)22(23,24)25/h2-6,9-12,14H,7-8H2,1H3. The second-order valence-electron chi connectivity index (χ2n) is 7.59. The van der Waals surface area contributed by atoms with E-state index in [1.807, 2.05) is 31.2 Å². The fourth-order valence-corrected chi connectivity index (χ4v) is 3.38. The fourth-order valence-electron chi connectivity index (χ4n) is 3.38. The number of halogens is 3. The molecule has 1 aliphatic carbocycles. The zero-order valence-electron chi connectivity index (χ0n) is 16.5. The van der Waals surface area contributed by atoms with E-state index in [0.717, 1.165) is 36.2 Å². The number of nitrogens with zero attached hydrogens (tertiary/aromatic N) is 6. The van der Waals surface area contributed by atoms with Gasteiger partial charge in [-0.3, -0.25) is 0 Å². The lowest BCUT2D eigenvalue weighted by Gasteiger charge is -2.13. The minimum atomic E-state index is -4.45. The molecule has 0 saturated heterocycles. The van der Waals surface area contributed by atoms with Crippen molar-refractivity contribution in [3.8, 4) is 28.3 Å². The predicted molar refractivity (Wildman–Crippen MR) is 107 cm³/mol. The number of benzene rings is 2. The summed E-state index contributed by atoms with van der Waals surface area (Å²) >= 11 is 0. The van der Waals surface area contributed by atoms with Gasteiger partial charge in [0.1, 0.15) is 5.82 Å². The van der Waals surface area contributed by atoms with Gasteiger partial charge < -0.3 is 0 Å². The molecule has 2 aromatic carbocycles. The van der Waals surface area contributed by atoms with E-state index in [1.165, 1.54) is 10.7 Å². The highest BCUT2D eigenvalue weighted by molar-refractivity contribution is 5.77. The predicted octanol–water partition coefficient (Wildman–Crippen LogP) is 4.99. The fraction of sp³-hybridized carbons (Fsp3) is 0.227. The van der Waals surface area contributed by atoms with E-state index >= 15 is 0 Å². The summed E-state index contributed by atoms with van der Waals surface area (Å²) in [5, 5.41) is 12.0. The maximum atomic E-state index is 13.3. The topological polar surface area (TPSA) is 69.4 Å². The first kappa shape index (κ1) is 19.3. The molecule has 0 unspecified atom stereocenters. The van der Waals surface area contributed by atoms with Gasteiger partial charge in [0.15, 0.2) is 5.82 Å². The highest BCUT2D eigenvalue weighted by atomic mass is 19.4. The van der Waals surface area contributed by atoms with Gasteiger partial charge in [0.2, 0.25) is 0 Å². The normalized spacial score (nSPS) is 14.1. The number of tetrazole rings is 1. The van der Waals surface area contributed by atoms with Crippen LogP contribution in [0.1, 0.15) is 35.7 Å². The number of hydrogen-bond donors (Lipinski definition) is 0. The van der Waals surface area contributed by atoms with Crippen LogP contribution in [0.2, 0.25) is 0 Å². The van der Waals surface area contributed by atoms with Crippen LogP contribution in [-0.4, -0.2) is 30.2 Å². The molecular weight excluding hydrogens is 405 g/mol. The average molecular weight is 422 g/mol. The van der Waals surface area contributed by atoms with Crippen LogP contribution in [0.4, 0.5) is 13.2 Å². The van der Waals surface area contributed by atoms with Crippen molar-refractivity contribution in [2.45, 2.75) is 31.9 Å². The smallest absolute Gasteiger partial charge is 0.240 e. The zero-order chi connectivity index (χ0) is 21.6. The van der Waals surface area contributed by atoms with E-state index in [1.54, 1.807) is 12.3 Å². The molecule has 0 N–H and O–H groups in total. The molecule has 2 heterocycles. The Bertz CT molecular complexity index is 1240. The molecule has 0 aliphatic heterocycles. The molecule has 2 aromatic heterocycles. The van der Waals surface area contributed by atoms with E-state index in [9.17, 15) is 13.2 Å². The van der Waals surface area contributed by atoms with Crippen LogP contribution < -0.4 is 0 Å². The second kappa shape index (κ2) is 7.26. The van der Waals surface area contributed by atoms with Crippen molar-refractivity contribution in [3.63, 3.8) is 0 Å². The van der Waals surface area contributed by atoms with Gasteiger partial charge in [-0.1, -0.05) is 29.8 Å². The maximum Gasteiger partial charge on any atom is 0.416 e. The molecule has 1 aliphatic rings. The summed E-state index contributed by atoms with van der Waals surface area (Å²) in [4.78, 5) is 9.11. The van der Waals surface area contributed by atoms with Crippen LogP contribution in [0.3, 0.4) is 0 Å². The van der Waals surface area contributed by atoms with Crippen LogP contribution in [0.15, 0.2) is 54.7 Å². The Labute approximate surface area is 175 Å². The highest BCUT2D eigenvalue weighted by Gasteiger charge is 2.32.